The van der Waals surface area contributed by atoms with Crippen LogP contribution in [0.1, 0.15) is 30.0 Å². The molecule has 1 aliphatic heterocycles. The molecule has 3 aromatic rings. The quantitative estimate of drug-likeness (QED) is 0.769. The third kappa shape index (κ3) is 2.99. The van der Waals surface area contributed by atoms with E-state index in [1.165, 1.54) is 29.4 Å². The molecule has 2 aromatic carbocycles. The number of rotatable bonds is 3. The second kappa shape index (κ2) is 6.51. The minimum Gasteiger partial charge on any atom is -0.310 e. The highest BCUT2D eigenvalue weighted by molar-refractivity contribution is 5.81. The predicted molar refractivity (Wildman–Crippen MR) is 95.4 cm³/mol. The third-order valence-electron chi connectivity index (χ3n) is 4.94. The van der Waals surface area contributed by atoms with Gasteiger partial charge in [-0.3, -0.25) is 4.98 Å². The monoisotopic (exact) mass is 302 g/mol. The van der Waals surface area contributed by atoms with Gasteiger partial charge in [-0.15, -0.1) is 0 Å². The minimum absolute atomic E-state index is 0.448. The van der Waals surface area contributed by atoms with Crippen molar-refractivity contribution in [3.63, 3.8) is 0 Å². The van der Waals surface area contributed by atoms with E-state index >= 15 is 0 Å². The van der Waals surface area contributed by atoms with Crippen LogP contribution < -0.4 is 5.32 Å². The lowest BCUT2D eigenvalue weighted by molar-refractivity contribution is 0.283. The van der Waals surface area contributed by atoms with Crippen LogP contribution in [0.15, 0.2) is 66.9 Å². The van der Waals surface area contributed by atoms with Crippen molar-refractivity contribution >= 4 is 10.9 Å². The number of nitrogens with one attached hydrogen (secondary N) is 1. The first-order valence-electron chi connectivity index (χ1n) is 8.53. The summed E-state index contributed by atoms with van der Waals surface area (Å²) in [6.07, 6.45) is 5.52. The molecular weight excluding hydrogens is 280 g/mol. The molecule has 0 aliphatic carbocycles. The van der Waals surface area contributed by atoms with Gasteiger partial charge in [0.05, 0.1) is 5.52 Å². The molecule has 2 heterocycles. The maximum Gasteiger partial charge on any atom is 0.0733 e. The Balaban J connectivity index is 1.65. The Morgan fingerprint density at radius 1 is 0.957 bits per heavy atom. The zero-order valence-electron chi connectivity index (χ0n) is 13.3. The molecule has 0 radical (unpaired) electrons. The maximum absolute atomic E-state index is 4.62. The van der Waals surface area contributed by atoms with Crippen molar-refractivity contribution in [2.24, 2.45) is 5.92 Å². The molecule has 2 unspecified atom stereocenters. The number of benzene rings is 2. The van der Waals surface area contributed by atoms with Crippen molar-refractivity contribution in [2.45, 2.75) is 25.3 Å². The Morgan fingerprint density at radius 3 is 2.74 bits per heavy atom. The number of aromatic nitrogens is 1. The summed E-state index contributed by atoms with van der Waals surface area (Å²) in [5, 5.41) is 4.97. The van der Waals surface area contributed by atoms with Gasteiger partial charge in [-0.25, -0.2) is 0 Å². The van der Waals surface area contributed by atoms with Gasteiger partial charge in [-0.2, -0.15) is 0 Å². The van der Waals surface area contributed by atoms with Crippen LogP contribution in [0.2, 0.25) is 0 Å². The van der Waals surface area contributed by atoms with Gasteiger partial charge in [0, 0.05) is 17.6 Å². The number of para-hydroxylation sites is 1. The molecule has 1 saturated heterocycles. The predicted octanol–water partition coefficient (Wildman–Crippen LogP) is 4.52. The number of hydrogen-bond donors (Lipinski definition) is 1. The fraction of sp³-hybridized carbons (Fsp3) is 0.286. The summed E-state index contributed by atoms with van der Waals surface area (Å²) in [5.41, 5.74) is 3.94. The Bertz CT molecular complexity index is 777. The van der Waals surface area contributed by atoms with E-state index in [0.717, 1.165) is 18.5 Å². The number of piperidine rings is 1. The van der Waals surface area contributed by atoms with E-state index in [1.807, 2.05) is 12.3 Å². The molecule has 2 atom stereocenters. The average molecular weight is 302 g/mol. The normalized spacial score (nSPS) is 21.4. The van der Waals surface area contributed by atoms with Crippen molar-refractivity contribution in [3.05, 3.63) is 78.0 Å². The molecule has 23 heavy (non-hydrogen) atoms. The highest BCUT2D eigenvalue weighted by Gasteiger charge is 2.26. The second-order valence-electron chi connectivity index (χ2n) is 6.44. The van der Waals surface area contributed by atoms with Crippen LogP contribution >= 0.6 is 0 Å². The SMILES string of the molecule is c1ccc(C2NCCCC2Cc2cccc3cccnc23)cc1. The second-order valence-corrected chi connectivity index (χ2v) is 6.44. The van der Waals surface area contributed by atoms with Crippen molar-refractivity contribution < 1.29 is 0 Å². The first-order chi connectivity index (χ1) is 11.4. The lowest BCUT2D eigenvalue weighted by Gasteiger charge is -2.33. The van der Waals surface area contributed by atoms with E-state index in [4.69, 9.17) is 0 Å². The molecule has 0 saturated carbocycles. The molecule has 2 nitrogen and oxygen atoms in total. The van der Waals surface area contributed by atoms with Crippen LogP contribution in [-0.4, -0.2) is 11.5 Å². The summed E-state index contributed by atoms with van der Waals surface area (Å²) in [5.74, 6) is 0.624. The van der Waals surface area contributed by atoms with E-state index in [9.17, 15) is 0 Å². The fourth-order valence-corrected chi connectivity index (χ4v) is 3.84. The van der Waals surface area contributed by atoms with Gasteiger partial charge in [0.2, 0.25) is 0 Å². The maximum atomic E-state index is 4.62. The average Bonchev–Trinajstić information content (AvgIpc) is 2.63. The van der Waals surface area contributed by atoms with E-state index < -0.39 is 0 Å². The molecule has 0 spiro atoms. The molecule has 4 rings (SSSR count). The largest absolute Gasteiger partial charge is 0.310 e. The van der Waals surface area contributed by atoms with Gasteiger partial charge in [0.15, 0.2) is 0 Å². The zero-order valence-corrected chi connectivity index (χ0v) is 13.3. The van der Waals surface area contributed by atoms with E-state index in [1.54, 1.807) is 0 Å². The molecular formula is C21H22N2. The Morgan fingerprint density at radius 2 is 1.83 bits per heavy atom. The van der Waals surface area contributed by atoms with Crippen molar-refractivity contribution in [3.8, 4) is 0 Å². The molecule has 0 amide bonds. The molecule has 2 heteroatoms. The fourth-order valence-electron chi connectivity index (χ4n) is 3.84. The van der Waals surface area contributed by atoms with Crippen LogP contribution in [-0.2, 0) is 6.42 Å². The first-order valence-corrected chi connectivity index (χ1v) is 8.53. The van der Waals surface area contributed by atoms with E-state index in [0.29, 0.717) is 12.0 Å². The van der Waals surface area contributed by atoms with Gasteiger partial charge in [-0.05, 0) is 48.9 Å². The zero-order chi connectivity index (χ0) is 15.5. The number of pyridine rings is 1. The van der Waals surface area contributed by atoms with Gasteiger partial charge < -0.3 is 5.32 Å². The highest BCUT2D eigenvalue weighted by Crippen LogP contribution is 2.33. The summed E-state index contributed by atoms with van der Waals surface area (Å²) >= 11 is 0. The van der Waals surface area contributed by atoms with Crippen molar-refractivity contribution in [1.82, 2.24) is 10.3 Å². The molecule has 116 valence electrons. The summed E-state index contributed by atoms with van der Waals surface area (Å²) in [7, 11) is 0. The summed E-state index contributed by atoms with van der Waals surface area (Å²) < 4.78 is 0. The summed E-state index contributed by atoms with van der Waals surface area (Å²) in [4.78, 5) is 4.62. The molecule has 1 N–H and O–H groups in total. The summed E-state index contributed by atoms with van der Waals surface area (Å²) in [6, 6.07) is 22.0. The highest BCUT2D eigenvalue weighted by atomic mass is 14.9. The molecule has 1 aliphatic rings. The number of hydrogen-bond acceptors (Lipinski definition) is 2. The van der Waals surface area contributed by atoms with Crippen LogP contribution in [0.4, 0.5) is 0 Å². The van der Waals surface area contributed by atoms with Crippen LogP contribution in [0.25, 0.3) is 10.9 Å². The third-order valence-corrected chi connectivity index (χ3v) is 4.94. The van der Waals surface area contributed by atoms with Gasteiger partial charge in [-0.1, -0.05) is 54.6 Å². The molecule has 1 fully saturated rings. The van der Waals surface area contributed by atoms with E-state index in [-0.39, 0.29) is 0 Å². The van der Waals surface area contributed by atoms with Gasteiger partial charge in [0.25, 0.3) is 0 Å². The minimum atomic E-state index is 0.448. The topological polar surface area (TPSA) is 24.9 Å². The number of nitrogens with zero attached hydrogens (tertiary/aromatic N) is 1. The molecule has 1 aromatic heterocycles. The summed E-state index contributed by atoms with van der Waals surface area (Å²) in [6.45, 7) is 1.11. The first kappa shape index (κ1) is 14.4. The number of fused-ring (bicyclic) bond motifs is 1. The Labute approximate surface area is 137 Å². The standard InChI is InChI=1S/C21H22N2/c1-2-7-16(8-3-1)20-19(12-6-14-23-20)15-18-10-4-9-17-11-5-13-22-21(17)18/h1-5,7-11,13,19-20,23H,6,12,14-15H2. The van der Waals surface area contributed by atoms with E-state index in [2.05, 4.69) is 64.9 Å². The van der Waals surface area contributed by atoms with Crippen molar-refractivity contribution in [1.29, 1.82) is 0 Å². The smallest absolute Gasteiger partial charge is 0.0733 e. The van der Waals surface area contributed by atoms with Crippen LogP contribution in [0.3, 0.4) is 0 Å². The Kier molecular flexibility index (Phi) is 4.08. The lowest BCUT2D eigenvalue weighted by atomic mass is 9.82. The Hall–Kier alpha value is -2.19. The van der Waals surface area contributed by atoms with Gasteiger partial charge in [0.1, 0.15) is 0 Å². The van der Waals surface area contributed by atoms with Crippen molar-refractivity contribution in [2.75, 3.05) is 6.54 Å². The molecule has 0 bridgehead atoms. The van der Waals surface area contributed by atoms with Gasteiger partial charge >= 0.3 is 0 Å². The van der Waals surface area contributed by atoms with Crippen LogP contribution in [0, 0.1) is 5.92 Å². The van der Waals surface area contributed by atoms with Crippen LogP contribution in [0.5, 0.6) is 0 Å². The lowest BCUT2D eigenvalue weighted by Crippen LogP contribution is -2.35.